The van der Waals surface area contributed by atoms with Crippen LogP contribution >= 0.6 is 0 Å². The maximum atomic E-state index is 14.6. The van der Waals surface area contributed by atoms with Crippen LogP contribution in [0.2, 0.25) is 0 Å². The lowest BCUT2D eigenvalue weighted by Gasteiger charge is -2.20. The van der Waals surface area contributed by atoms with E-state index in [2.05, 4.69) is 0 Å². The zero-order valence-corrected chi connectivity index (χ0v) is 17.8. The molecule has 2 aromatic carbocycles. The quantitative estimate of drug-likeness (QED) is 0.597. The zero-order chi connectivity index (χ0) is 22.2. The van der Waals surface area contributed by atoms with Crippen LogP contribution in [0.1, 0.15) is 53.4 Å². The first kappa shape index (κ1) is 21.6. The monoisotopic (exact) mass is 411 g/mol. The van der Waals surface area contributed by atoms with Crippen LogP contribution in [-0.4, -0.2) is 28.7 Å². The smallest absolute Gasteiger partial charge is 0.311 e. The predicted molar refractivity (Wildman–Crippen MR) is 114 cm³/mol. The Labute approximate surface area is 175 Å². The fourth-order valence-corrected chi connectivity index (χ4v) is 3.96. The van der Waals surface area contributed by atoms with Gasteiger partial charge in [-0.1, -0.05) is 38.0 Å². The van der Waals surface area contributed by atoms with Gasteiger partial charge in [-0.3, -0.25) is 14.2 Å². The van der Waals surface area contributed by atoms with Crippen molar-refractivity contribution in [2.24, 2.45) is 5.92 Å². The minimum absolute atomic E-state index is 0.0111. The normalized spacial score (nSPS) is 13.3. The van der Waals surface area contributed by atoms with E-state index in [4.69, 9.17) is 4.74 Å². The molecule has 0 bridgehead atoms. The van der Waals surface area contributed by atoms with Crippen LogP contribution < -0.4 is 4.74 Å². The van der Waals surface area contributed by atoms with Gasteiger partial charge in [0.1, 0.15) is 0 Å². The molecule has 3 rings (SSSR count). The maximum Gasteiger partial charge on any atom is 0.311 e. The summed E-state index contributed by atoms with van der Waals surface area (Å²) in [5.41, 5.74) is 2.81. The molecule has 3 aromatic rings. The average molecular weight is 411 g/mol. The van der Waals surface area contributed by atoms with Crippen LogP contribution in [0.25, 0.3) is 10.9 Å². The Balaban J connectivity index is 2.36. The van der Waals surface area contributed by atoms with Gasteiger partial charge in [0.15, 0.2) is 11.6 Å². The second-order valence-electron chi connectivity index (χ2n) is 7.71. The van der Waals surface area contributed by atoms with Crippen molar-refractivity contribution in [3.8, 4) is 5.75 Å². The molecule has 1 unspecified atom stereocenters. The molecule has 0 saturated heterocycles. The van der Waals surface area contributed by atoms with Gasteiger partial charge in [-0.15, -0.1) is 0 Å². The van der Waals surface area contributed by atoms with Crippen molar-refractivity contribution in [1.29, 1.82) is 0 Å². The number of aromatic nitrogens is 1. The highest BCUT2D eigenvalue weighted by Crippen LogP contribution is 2.39. The molecular formula is C24H26FNO4. The van der Waals surface area contributed by atoms with E-state index in [1.54, 1.807) is 19.1 Å². The number of benzene rings is 2. The van der Waals surface area contributed by atoms with E-state index in [0.717, 1.165) is 5.56 Å². The third-order valence-corrected chi connectivity index (χ3v) is 5.82. The van der Waals surface area contributed by atoms with Crippen LogP contribution in [0.4, 0.5) is 4.39 Å². The third kappa shape index (κ3) is 3.58. The Morgan fingerprint density at radius 3 is 2.33 bits per heavy atom. The van der Waals surface area contributed by atoms with E-state index >= 15 is 0 Å². The standard InChI is InChI=1S/C24H26FNO4/c1-6-14(3)21(24(28)29)22-15(4)26(23(27)16-9-7-13(2)8-10-16)19-12-18(25)20(30-5)11-17(19)22/h7-12,14,21H,6H2,1-5H3,(H,28,29)/t14?,21-/m1/s1. The van der Waals surface area contributed by atoms with E-state index in [9.17, 15) is 19.1 Å². The summed E-state index contributed by atoms with van der Waals surface area (Å²) in [5, 5.41) is 10.5. The number of fused-ring (bicyclic) bond motifs is 1. The highest BCUT2D eigenvalue weighted by Gasteiger charge is 2.33. The van der Waals surface area contributed by atoms with E-state index in [1.165, 1.54) is 23.8 Å². The number of hydrogen-bond donors (Lipinski definition) is 1. The van der Waals surface area contributed by atoms with Gasteiger partial charge in [-0.05, 0) is 43.5 Å². The SMILES string of the molecule is CCC(C)[C@@H](C(=O)O)c1c(C)n(C(=O)c2ccc(C)cc2)c2cc(F)c(OC)cc12. The Morgan fingerprint density at radius 2 is 1.80 bits per heavy atom. The van der Waals surface area contributed by atoms with E-state index < -0.39 is 17.7 Å². The number of halogens is 1. The topological polar surface area (TPSA) is 68.5 Å². The summed E-state index contributed by atoms with van der Waals surface area (Å²) in [6.45, 7) is 7.43. The van der Waals surface area contributed by atoms with Gasteiger partial charge in [0.2, 0.25) is 0 Å². The largest absolute Gasteiger partial charge is 0.494 e. The highest BCUT2D eigenvalue weighted by atomic mass is 19.1. The average Bonchev–Trinajstić information content (AvgIpc) is 2.98. The predicted octanol–water partition coefficient (Wildman–Crippen LogP) is 5.31. The first-order chi connectivity index (χ1) is 14.2. The van der Waals surface area contributed by atoms with Crippen molar-refractivity contribution in [3.63, 3.8) is 0 Å². The molecule has 158 valence electrons. The van der Waals surface area contributed by atoms with Crippen LogP contribution in [0.15, 0.2) is 36.4 Å². The Morgan fingerprint density at radius 1 is 1.17 bits per heavy atom. The number of aryl methyl sites for hydroxylation is 1. The molecule has 0 amide bonds. The summed E-state index contributed by atoms with van der Waals surface area (Å²) in [4.78, 5) is 25.6. The van der Waals surface area contributed by atoms with Gasteiger partial charge in [-0.25, -0.2) is 4.39 Å². The summed E-state index contributed by atoms with van der Waals surface area (Å²) in [7, 11) is 1.36. The number of ether oxygens (including phenoxy) is 1. The van der Waals surface area contributed by atoms with Gasteiger partial charge in [0, 0.05) is 22.7 Å². The molecule has 1 aromatic heterocycles. The van der Waals surface area contributed by atoms with Crippen molar-refractivity contribution in [3.05, 3.63) is 64.6 Å². The number of rotatable bonds is 6. The molecule has 6 heteroatoms. The number of aliphatic carboxylic acids is 1. The molecule has 1 N–H and O–H groups in total. The van der Waals surface area contributed by atoms with Crippen LogP contribution in [0.3, 0.4) is 0 Å². The molecule has 5 nitrogen and oxygen atoms in total. The molecule has 1 heterocycles. The Hall–Kier alpha value is -3.15. The molecule has 0 aliphatic carbocycles. The van der Waals surface area contributed by atoms with Crippen molar-refractivity contribution < 1.29 is 23.8 Å². The second-order valence-corrected chi connectivity index (χ2v) is 7.71. The van der Waals surface area contributed by atoms with Gasteiger partial charge < -0.3 is 9.84 Å². The summed E-state index contributed by atoms with van der Waals surface area (Å²) in [6.07, 6.45) is 0.646. The number of carbonyl (C=O) groups excluding carboxylic acids is 1. The van der Waals surface area contributed by atoms with Gasteiger partial charge in [0.25, 0.3) is 5.91 Å². The summed E-state index contributed by atoms with van der Waals surface area (Å²) in [5.74, 6) is -2.91. The van der Waals surface area contributed by atoms with Crippen LogP contribution in [0, 0.1) is 25.6 Å². The minimum Gasteiger partial charge on any atom is -0.494 e. The first-order valence-electron chi connectivity index (χ1n) is 9.93. The molecular weight excluding hydrogens is 385 g/mol. The lowest BCUT2D eigenvalue weighted by Crippen LogP contribution is -2.21. The second kappa shape index (κ2) is 8.30. The molecule has 0 saturated carbocycles. The number of hydrogen-bond acceptors (Lipinski definition) is 3. The summed E-state index contributed by atoms with van der Waals surface area (Å²) >= 11 is 0. The summed E-state index contributed by atoms with van der Waals surface area (Å²) < 4.78 is 21.1. The lowest BCUT2D eigenvalue weighted by atomic mass is 9.84. The number of carboxylic acid groups (broad SMARTS) is 1. The van der Waals surface area contributed by atoms with Crippen LogP contribution in [-0.2, 0) is 4.79 Å². The Kier molecular flexibility index (Phi) is 5.97. The maximum absolute atomic E-state index is 14.6. The van der Waals surface area contributed by atoms with E-state index in [-0.39, 0.29) is 17.6 Å². The van der Waals surface area contributed by atoms with Crippen molar-refractivity contribution >= 4 is 22.8 Å². The van der Waals surface area contributed by atoms with Crippen LogP contribution in [0.5, 0.6) is 5.75 Å². The van der Waals surface area contributed by atoms with Gasteiger partial charge in [0.05, 0.1) is 18.5 Å². The molecule has 0 radical (unpaired) electrons. The zero-order valence-electron chi connectivity index (χ0n) is 17.8. The van der Waals surface area contributed by atoms with Gasteiger partial charge >= 0.3 is 5.97 Å². The fraction of sp³-hybridized carbons (Fsp3) is 0.333. The lowest BCUT2D eigenvalue weighted by molar-refractivity contribution is -0.140. The number of carboxylic acids is 1. The molecule has 0 fully saturated rings. The molecule has 0 aliphatic heterocycles. The highest BCUT2D eigenvalue weighted by molar-refractivity contribution is 6.05. The molecule has 2 atom stereocenters. The number of carbonyl (C=O) groups is 2. The third-order valence-electron chi connectivity index (χ3n) is 5.82. The molecule has 0 aliphatic rings. The Bertz CT molecular complexity index is 1110. The number of methoxy groups -OCH3 is 1. The van der Waals surface area contributed by atoms with Crippen molar-refractivity contribution in [1.82, 2.24) is 4.57 Å². The minimum atomic E-state index is -0.974. The molecule has 0 spiro atoms. The molecule has 30 heavy (non-hydrogen) atoms. The fourth-order valence-electron chi connectivity index (χ4n) is 3.96. The summed E-state index contributed by atoms with van der Waals surface area (Å²) in [6, 6.07) is 9.82. The van der Waals surface area contributed by atoms with Crippen molar-refractivity contribution in [2.45, 2.75) is 40.0 Å². The van der Waals surface area contributed by atoms with Gasteiger partial charge in [-0.2, -0.15) is 0 Å². The van der Waals surface area contributed by atoms with Crippen molar-refractivity contribution in [2.75, 3.05) is 7.11 Å². The first-order valence-corrected chi connectivity index (χ1v) is 9.93. The van der Waals surface area contributed by atoms with E-state index in [0.29, 0.717) is 34.1 Å². The number of nitrogens with zero attached hydrogens (tertiary/aromatic N) is 1. The van der Waals surface area contributed by atoms with E-state index in [1.807, 2.05) is 32.9 Å².